The van der Waals surface area contributed by atoms with Gasteiger partial charge in [0, 0.05) is 47.5 Å². The third-order valence-corrected chi connectivity index (χ3v) is 6.95. The Morgan fingerprint density at radius 1 is 0.739 bits per heavy atom. The molecule has 0 saturated heterocycles. The molecule has 2 aromatic rings. The van der Waals surface area contributed by atoms with Crippen LogP contribution in [0.25, 0.3) is 33.4 Å². The molecule has 2 aromatic carbocycles. The van der Waals surface area contributed by atoms with Crippen LogP contribution >= 0.6 is 12.2 Å². The normalized spacial score (nSPS) is 11.3. The summed E-state index contributed by atoms with van der Waals surface area (Å²) in [4.78, 5) is 12.0. The van der Waals surface area contributed by atoms with Gasteiger partial charge in [-0.15, -0.1) is 0 Å². The van der Waals surface area contributed by atoms with Crippen molar-refractivity contribution in [1.29, 1.82) is 0 Å². The van der Waals surface area contributed by atoms with Crippen molar-refractivity contribution < 1.29 is 37.9 Å². The van der Waals surface area contributed by atoms with Crippen LogP contribution in [0.15, 0.2) is 69.9 Å². The highest BCUT2D eigenvalue weighted by Crippen LogP contribution is 2.40. The smallest absolute Gasteiger partial charge is 0.182 e. The molecule has 0 fully saturated rings. The average molecular weight is 655 g/mol. The number of ether oxygens (including phenoxy) is 6. The van der Waals surface area contributed by atoms with Crippen LogP contribution in [0.3, 0.4) is 0 Å². The number of hydrogen-bond acceptors (Lipinski definition) is 10. The lowest BCUT2D eigenvalue weighted by Crippen LogP contribution is -2.31. The molecule has 11 nitrogen and oxygen atoms in total. The molecule has 0 aromatic heterocycles. The minimum absolute atomic E-state index is 0.0881. The van der Waals surface area contributed by atoms with Gasteiger partial charge in [-0.05, 0) is 61.1 Å². The van der Waals surface area contributed by atoms with Gasteiger partial charge in [-0.2, -0.15) is 0 Å². The summed E-state index contributed by atoms with van der Waals surface area (Å²) in [5.74, 6) is 0.546. The maximum absolute atomic E-state index is 12.0. The van der Waals surface area contributed by atoms with Gasteiger partial charge >= 0.3 is 0 Å². The Morgan fingerprint density at radius 2 is 1.33 bits per heavy atom. The van der Waals surface area contributed by atoms with Crippen LogP contribution in [0.5, 0.6) is 5.75 Å². The van der Waals surface area contributed by atoms with E-state index in [1.807, 2.05) is 37.3 Å². The summed E-state index contributed by atoms with van der Waals surface area (Å²) in [6, 6.07) is 17.5. The largest absolute Gasteiger partial charge is 0.508 e. The van der Waals surface area contributed by atoms with Crippen molar-refractivity contribution in [1.82, 2.24) is 5.32 Å². The molecular formula is C34H42N2O9S. The minimum atomic E-state index is -0.146. The van der Waals surface area contributed by atoms with Crippen molar-refractivity contribution >= 4 is 34.0 Å². The molecule has 1 aliphatic carbocycles. The highest BCUT2D eigenvalue weighted by atomic mass is 32.1. The Labute approximate surface area is 274 Å². The first-order chi connectivity index (χ1) is 22.5. The molecule has 0 unspecified atom stereocenters. The van der Waals surface area contributed by atoms with Gasteiger partial charge in [-0.3, -0.25) is 4.79 Å². The molecule has 248 valence electrons. The number of nitrogens with one attached hydrogen (secondary N) is 2. The van der Waals surface area contributed by atoms with Gasteiger partial charge in [0.15, 0.2) is 10.5 Å². The van der Waals surface area contributed by atoms with Gasteiger partial charge in [0.1, 0.15) is 17.1 Å². The summed E-state index contributed by atoms with van der Waals surface area (Å²) in [5, 5.41) is 17.6. The van der Waals surface area contributed by atoms with E-state index in [2.05, 4.69) is 10.6 Å². The fourth-order valence-electron chi connectivity index (χ4n) is 4.55. The van der Waals surface area contributed by atoms with Crippen molar-refractivity contribution in [2.75, 3.05) is 91.1 Å². The van der Waals surface area contributed by atoms with Gasteiger partial charge in [0.25, 0.3) is 0 Å². The molecule has 0 bridgehead atoms. The first-order valence-electron chi connectivity index (χ1n) is 15.4. The monoisotopic (exact) mass is 654 g/mol. The molecule has 0 saturated carbocycles. The number of phenolic OH excluding ortho intramolecular Hbond substituents is 1. The molecule has 0 radical (unpaired) electrons. The zero-order valence-electron chi connectivity index (χ0n) is 26.1. The zero-order valence-corrected chi connectivity index (χ0v) is 26.9. The van der Waals surface area contributed by atoms with E-state index < -0.39 is 0 Å². The summed E-state index contributed by atoms with van der Waals surface area (Å²) < 4.78 is 38.5. The van der Waals surface area contributed by atoms with E-state index in [9.17, 15) is 9.90 Å². The van der Waals surface area contributed by atoms with Crippen LogP contribution in [-0.4, -0.2) is 96.0 Å². The number of aromatic hydroxyl groups is 1. The Bertz CT molecular complexity index is 1510. The van der Waals surface area contributed by atoms with E-state index in [1.165, 1.54) is 12.1 Å². The van der Waals surface area contributed by atoms with Crippen LogP contribution < -0.4 is 16.1 Å². The first kappa shape index (κ1) is 35.2. The lowest BCUT2D eigenvalue weighted by atomic mass is 9.93. The Kier molecular flexibility index (Phi) is 15.2. The topological polar surface area (TPSA) is 130 Å². The first-order valence-corrected chi connectivity index (χ1v) is 15.8. The zero-order chi connectivity index (χ0) is 32.4. The Morgan fingerprint density at radius 3 is 1.93 bits per heavy atom. The Hall–Kier alpha value is -3.62. The maximum atomic E-state index is 12.0. The van der Waals surface area contributed by atoms with E-state index in [1.54, 1.807) is 18.2 Å². The number of hydrogen-bond donors (Lipinski definition) is 3. The molecule has 1 heterocycles. The van der Waals surface area contributed by atoms with Gasteiger partial charge < -0.3 is 48.6 Å². The lowest BCUT2D eigenvalue weighted by Gasteiger charge is -2.16. The summed E-state index contributed by atoms with van der Waals surface area (Å²) >= 11 is 5.43. The summed E-state index contributed by atoms with van der Waals surface area (Å²) in [6.45, 7) is 8.93. The molecule has 46 heavy (non-hydrogen) atoms. The average Bonchev–Trinajstić information content (AvgIpc) is 3.05. The molecule has 3 N–H and O–H groups in total. The van der Waals surface area contributed by atoms with Crippen LogP contribution in [0.4, 0.5) is 5.69 Å². The van der Waals surface area contributed by atoms with Gasteiger partial charge in [0.05, 0.1) is 72.7 Å². The summed E-state index contributed by atoms with van der Waals surface area (Å²) in [6.07, 6.45) is 0. The molecule has 2 aliphatic rings. The lowest BCUT2D eigenvalue weighted by molar-refractivity contribution is -0.0159. The van der Waals surface area contributed by atoms with E-state index >= 15 is 0 Å². The van der Waals surface area contributed by atoms with Crippen molar-refractivity contribution in [2.24, 2.45) is 0 Å². The van der Waals surface area contributed by atoms with Crippen LogP contribution in [0.2, 0.25) is 0 Å². The van der Waals surface area contributed by atoms with Gasteiger partial charge in [0.2, 0.25) is 0 Å². The van der Waals surface area contributed by atoms with Crippen molar-refractivity contribution in [3.8, 4) is 28.2 Å². The molecule has 12 heteroatoms. The quantitative estimate of drug-likeness (QED) is 0.0656. The molecule has 0 spiro atoms. The van der Waals surface area contributed by atoms with E-state index in [-0.39, 0.29) is 11.2 Å². The second-order valence-corrected chi connectivity index (χ2v) is 10.4. The van der Waals surface area contributed by atoms with Crippen molar-refractivity contribution in [3.05, 3.63) is 70.9 Å². The Balaban J connectivity index is 1.07. The summed E-state index contributed by atoms with van der Waals surface area (Å²) in [7, 11) is 0. The van der Waals surface area contributed by atoms with E-state index in [4.69, 9.17) is 45.1 Å². The van der Waals surface area contributed by atoms with Crippen LogP contribution in [-0.2, 0) is 28.4 Å². The predicted molar refractivity (Wildman–Crippen MR) is 181 cm³/mol. The van der Waals surface area contributed by atoms with Crippen LogP contribution in [0.1, 0.15) is 6.92 Å². The maximum Gasteiger partial charge on any atom is 0.182 e. The highest BCUT2D eigenvalue weighted by Gasteiger charge is 2.17. The molecule has 4 rings (SSSR count). The van der Waals surface area contributed by atoms with Crippen molar-refractivity contribution in [2.45, 2.75) is 6.92 Å². The second-order valence-electron chi connectivity index (χ2n) is 10.0. The highest BCUT2D eigenvalue weighted by molar-refractivity contribution is 7.80. The van der Waals surface area contributed by atoms with Crippen LogP contribution in [0, 0.1) is 0 Å². The molecule has 0 amide bonds. The number of fused-ring (bicyclic) bond motifs is 2. The van der Waals surface area contributed by atoms with Gasteiger partial charge in [-0.1, -0.05) is 12.1 Å². The van der Waals surface area contributed by atoms with E-state index in [0.29, 0.717) is 102 Å². The third kappa shape index (κ3) is 11.6. The fourth-order valence-corrected chi connectivity index (χ4v) is 4.77. The number of benzene rings is 3. The molecule has 0 atom stereocenters. The number of phenols is 1. The third-order valence-electron chi connectivity index (χ3n) is 6.70. The SMILES string of the molecule is CCOCCOCCOCCOCCOCCOCCNC(=S)Nc1ccc(-c2c3ccc(=O)cc-3oc3cc(O)ccc23)cc1. The minimum Gasteiger partial charge on any atom is -0.508 e. The number of anilines is 1. The summed E-state index contributed by atoms with van der Waals surface area (Å²) in [5.41, 5.74) is 3.82. The standard InChI is InChI=1S/C34H42N2O9S/c1-2-39-13-14-41-17-18-43-21-22-44-20-19-42-16-15-40-12-11-35-34(46)36-26-5-3-25(4-6-26)33-29-9-7-27(37)23-31(29)45-32-24-28(38)8-10-30(32)33/h3-10,23-24,37H,2,11-22H2,1H3,(H2,35,36,46). The van der Waals surface area contributed by atoms with Gasteiger partial charge in [-0.25, -0.2) is 0 Å². The second kappa shape index (κ2) is 19.8. The van der Waals surface area contributed by atoms with Crippen molar-refractivity contribution in [3.63, 3.8) is 0 Å². The molecular weight excluding hydrogens is 612 g/mol. The predicted octanol–water partition coefficient (Wildman–Crippen LogP) is 4.68. The molecule has 1 aliphatic heterocycles. The number of rotatable bonds is 21. The fraction of sp³-hybridized carbons (Fsp3) is 0.412. The number of thiocarbonyl (C=S) groups is 1. The van der Waals surface area contributed by atoms with E-state index in [0.717, 1.165) is 27.8 Å².